The molecule has 3 aromatic rings. The van der Waals surface area contributed by atoms with Crippen molar-refractivity contribution in [3.63, 3.8) is 0 Å². The van der Waals surface area contributed by atoms with Crippen molar-refractivity contribution in [1.82, 2.24) is 10.2 Å². The van der Waals surface area contributed by atoms with Gasteiger partial charge in [-0.1, -0.05) is 66.9 Å². The number of carbonyl (C=O) groups excluding carboxylic acids is 2. The molecule has 42 heavy (non-hydrogen) atoms. The lowest BCUT2D eigenvalue weighted by molar-refractivity contribution is -0.181. The fourth-order valence-electron chi connectivity index (χ4n) is 5.09. The van der Waals surface area contributed by atoms with Gasteiger partial charge in [0.25, 0.3) is 5.91 Å². The number of morpholine rings is 1. The number of aliphatic carboxylic acids is 1. The number of amides is 2. The summed E-state index contributed by atoms with van der Waals surface area (Å²) in [6.45, 7) is 1.24. The average molecular weight is 612 g/mol. The summed E-state index contributed by atoms with van der Waals surface area (Å²) in [5.41, 5.74) is 1.61. The predicted molar refractivity (Wildman–Crippen MR) is 154 cm³/mol. The quantitative estimate of drug-likeness (QED) is 0.307. The molecule has 1 fully saturated rings. The van der Waals surface area contributed by atoms with Gasteiger partial charge in [0, 0.05) is 16.5 Å². The van der Waals surface area contributed by atoms with Crippen LogP contribution in [0.25, 0.3) is 0 Å². The standard InChI is InChI=1S/C31H28Cl2FN3O5/c1-2-3-25(30(40)36-17-27(38)39)37-28(19-6-10-22(32)11-7-19)29(20-8-12-23(33)13-9-20)42-26(31(37)41)15-18-4-5-21(16-35)24(34)14-18/h4-14,25-26,28-29H,2-3,15,17H2,1H3,(H,36,40)(H,38,39)/t25-,26+,28-,29+/m1/s1. The molecule has 2 N–H and O–H groups in total. The molecule has 0 radical (unpaired) electrons. The molecule has 4 rings (SSSR count). The van der Waals surface area contributed by atoms with Gasteiger partial charge in [-0.05, 0) is 59.5 Å². The number of carboxylic acid groups (broad SMARTS) is 1. The number of nitrogens with one attached hydrogen (secondary N) is 1. The lowest BCUT2D eigenvalue weighted by Crippen LogP contribution is -2.59. The first kappa shape index (κ1) is 31.0. The molecule has 218 valence electrons. The normalized spacial score (nSPS) is 19.2. The van der Waals surface area contributed by atoms with Crippen LogP contribution in [-0.4, -0.2) is 46.5 Å². The van der Waals surface area contributed by atoms with E-state index in [1.54, 1.807) is 60.7 Å². The van der Waals surface area contributed by atoms with Crippen LogP contribution >= 0.6 is 23.2 Å². The van der Waals surface area contributed by atoms with Crippen molar-refractivity contribution in [3.05, 3.63) is 105 Å². The Morgan fingerprint density at radius 3 is 2.24 bits per heavy atom. The Morgan fingerprint density at radius 1 is 1.07 bits per heavy atom. The minimum absolute atomic E-state index is 0.0367. The minimum atomic E-state index is -1.22. The van der Waals surface area contributed by atoms with Gasteiger partial charge in [0.15, 0.2) is 0 Å². The Kier molecular flexibility index (Phi) is 10.2. The first-order chi connectivity index (χ1) is 20.1. The van der Waals surface area contributed by atoms with E-state index < -0.39 is 54.4 Å². The van der Waals surface area contributed by atoms with Crippen molar-refractivity contribution in [2.24, 2.45) is 0 Å². The van der Waals surface area contributed by atoms with Crippen LogP contribution in [-0.2, 0) is 25.5 Å². The molecule has 0 bridgehead atoms. The molecule has 8 nitrogen and oxygen atoms in total. The molecule has 0 aromatic heterocycles. The average Bonchev–Trinajstić information content (AvgIpc) is 2.97. The number of ether oxygens (including phenoxy) is 1. The van der Waals surface area contributed by atoms with E-state index in [0.29, 0.717) is 33.2 Å². The molecule has 2 amide bonds. The Hall–Kier alpha value is -3.97. The zero-order valence-electron chi connectivity index (χ0n) is 22.6. The monoisotopic (exact) mass is 611 g/mol. The number of nitrogens with zero attached hydrogens (tertiary/aromatic N) is 2. The fourth-order valence-corrected chi connectivity index (χ4v) is 5.34. The summed E-state index contributed by atoms with van der Waals surface area (Å²) >= 11 is 12.3. The van der Waals surface area contributed by atoms with Crippen molar-refractivity contribution in [1.29, 1.82) is 5.26 Å². The van der Waals surface area contributed by atoms with Crippen LogP contribution in [0.3, 0.4) is 0 Å². The van der Waals surface area contributed by atoms with E-state index in [4.69, 9.17) is 33.2 Å². The van der Waals surface area contributed by atoms with Crippen LogP contribution in [0.15, 0.2) is 66.7 Å². The molecule has 3 aromatic carbocycles. The number of hydrogen-bond acceptors (Lipinski definition) is 5. The summed E-state index contributed by atoms with van der Waals surface area (Å²) in [5, 5.41) is 21.7. The highest BCUT2D eigenvalue weighted by Crippen LogP contribution is 2.44. The second kappa shape index (κ2) is 13.8. The smallest absolute Gasteiger partial charge is 0.322 e. The Balaban J connectivity index is 1.85. The zero-order chi connectivity index (χ0) is 30.4. The lowest BCUT2D eigenvalue weighted by Gasteiger charge is -2.47. The minimum Gasteiger partial charge on any atom is -0.480 e. The molecule has 1 aliphatic rings. The van der Waals surface area contributed by atoms with E-state index in [2.05, 4.69) is 5.32 Å². The van der Waals surface area contributed by atoms with Gasteiger partial charge in [0.1, 0.15) is 36.7 Å². The van der Waals surface area contributed by atoms with E-state index in [1.807, 2.05) is 6.92 Å². The number of carboxylic acids is 1. The van der Waals surface area contributed by atoms with Crippen molar-refractivity contribution >= 4 is 41.0 Å². The number of benzene rings is 3. The van der Waals surface area contributed by atoms with Gasteiger partial charge >= 0.3 is 5.97 Å². The van der Waals surface area contributed by atoms with Gasteiger partial charge in [-0.2, -0.15) is 5.26 Å². The molecule has 1 saturated heterocycles. The Bertz CT molecular complexity index is 1490. The Morgan fingerprint density at radius 2 is 1.69 bits per heavy atom. The van der Waals surface area contributed by atoms with E-state index in [1.165, 1.54) is 17.0 Å². The van der Waals surface area contributed by atoms with E-state index in [0.717, 1.165) is 0 Å². The van der Waals surface area contributed by atoms with Crippen LogP contribution in [0, 0.1) is 17.1 Å². The van der Waals surface area contributed by atoms with Crippen molar-refractivity contribution < 1.29 is 28.6 Å². The third-order valence-corrected chi connectivity index (χ3v) is 7.53. The lowest BCUT2D eigenvalue weighted by atomic mass is 9.88. The second-order valence-corrected chi connectivity index (χ2v) is 10.8. The fraction of sp³-hybridized carbons (Fsp3) is 0.290. The maximum absolute atomic E-state index is 14.5. The van der Waals surface area contributed by atoms with E-state index in [-0.39, 0.29) is 18.4 Å². The molecular formula is C31H28Cl2FN3O5. The summed E-state index contributed by atoms with van der Waals surface area (Å²) in [5.74, 6) is -3.08. The molecule has 0 spiro atoms. The van der Waals surface area contributed by atoms with Crippen molar-refractivity contribution in [3.8, 4) is 6.07 Å². The number of rotatable bonds is 10. The highest BCUT2D eigenvalue weighted by molar-refractivity contribution is 6.30. The number of nitriles is 1. The number of halogens is 3. The third kappa shape index (κ3) is 7.08. The highest BCUT2D eigenvalue weighted by atomic mass is 35.5. The highest BCUT2D eigenvalue weighted by Gasteiger charge is 2.48. The predicted octanol–water partition coefficient (Wildman–Crippen LogP) is 5.63. The van der Waals surface area contributed by atoms with Crippen LogP contribution in [0.5, 0.6) is 0 Å². The Labute approximate surface area is 252 Å². The number of hydrogen-bond donors (Lipinski definition) is 2. The summed E-state index contributed by atoms with van der Waals surface area (Å²) in [6, 6.07) is 17.7. The maximum atomic E-state index is 14.5. The molecule has 4 atom stereocenters. The first-order valence-corrected chi connectivity index (χ1v) is 14.0. The summed E-state index contributed by atoms with van der Waals surface area (Å²) < 4.78 is 21.0. The van der Waals surface area contributed by atoms with Crippen LogP contribution in [0.4, 0.5) is 4.39 Å². The summed E-state index contributed by atoms with van der Waals surface area (Å²) in [4.78, 5) is 40.4. The van der Waals surface area contributed by atoms with Crippen LogP contribution in [0.2, 0.25) is 10.0 Å². The third-order valence-electron chi connectivity index (χ3n) is 7.03. The molecule has 1 aliphatic heterocycles. The molecule has 0 saturated carbocycles. The largest absolute Gasteiger partial charge is 0.480 e. The first-order valence-electron chi connectivity index (χ1n) is 13.3. The van der Waals surface area contributed by atoms with Crippen LogP contribution < -0.4 is 5.32 Å². The van der Waals surface area contributed by atoms with E-state index in [9.17, 15) is 23.9 Å². The van der Waals surface area contributed by atoms with Gasteiger partial charge in [0.05, 0.1) is 11.6 Å². The van der Waals surface area contributed by atoms with Gasteiger partial charge in [-0.15, -0.1) is 0 Å². The van der Waals surface area contributed by atoms with Gasteiger partial charge in [0.2, 0.25) is 5.91 Å². The maximum Gasteiger partial charge on any atom is 0.322 e. The topological polar surface area (TPSA) is 120 Å². The van der Waals surface area contributed by atoms with Gasteiger partial charge in [-0.3, -0.25) is 14.4 Å². The SMILES string of the molecule is CCC[C@H](C(=O)NCC(=O)O)N1C(=O)[C@H](Cc2ccc(C#N)c(F)c2)O[C@@H](c2ccc(Cl)cc2)[C@H]1c1ccc(Cl)cc1. The zero-order valence-corrected chi connectivity index (χ0v) is 24.1. The number of carbonyl (C=O) groups is 3. The van der Waals surface area contributed by atoms with E-state index >= 15 is 0 Å². The second-order valence-electron chi connectivity index (χ2n) is 9.88. The van der Waals surface area contributed by atoms with Crippen molar-refractivity contribution in [2.45, 2.75) is 50.5 Å². The van der Waals surface area contributed by atoms with Gasteiger partial charge < -0.3 is 20.1 Å². The molecular weight excluding hydrogens is 584 g/mol. The summed E-state index contributed by atoms with van der Waals surface area (Å²) in [6.07, 6.45) is -1.20. The summed E-state index contributed by atoms with van der Waals surface area (Å²) in [7, 11) is 0. The van der Waals surface area contributed by atoms with Gasteiger partial charge in [-0.25, -0.2) is 4.39 Å². The van der Waals surface area contributed by atoms with Crippen LogP contribution in [0.1, 0.15) is 54.2 Å². The molecule has 11 heteroatoms. The molecule has 0 aliphatic carbocycles. The molecule has 1 heterocycles. The van der Waals surface area contributed by atoms with Crippen molar-refractivity contribution in [2.75, 3.05) is 6.54 Å². The molecule has 0 unspecified atom stereocenters.